The highest BCUT2D eigenvalue weighted by Gasteiger charge is 2.40. The highest BCUT2D eigenvalue weighted by molar-refractivity contribution is 5.93. The smallest absolute Gasteiger partial charge is 0.254 e. The summed E-state index contributed by atoms with van der Waals surface area (Å²) in [4.78, 5) is 11.5. The summed E-state index contributed by atoms with van der Waals surface area (Å²) in [6.45, 7) is 2.98. The van der Waals surface area contributed by atoms with Gasteiger partial charge in [0.05, 0.1) is 11.8 Å². The molecule has 1 aliphatic carbocycles. The van der Waals surface area contributed by atoms with Gasteiger partial charge in [-0.1, -0.05) is 6.92 Å². The van der Waals surface area contributed by atoms with E-state index in [-0.39, 0.29) is 5.91 Å². The first kappa shape index (κ1) is 9.24. The van der Waals surface area contributed by atoms with Gasteiger partial charge in [0.1, 0.15) is 0 Å². The van der Waals surface area contributed by atoms with Crippen LogP contribution in [0.5, 0.6) is 0 Å². The van der Waals surface area contributed by atoms with Crippen molar-refractivity contribution in [2.45, 2.75) is 26.2 Å². The van der Waals surface area contributed by atoms with Crippen LogP contribution < -0.4 is 5.32 Å². The first-order chi connectivity index (χ1) is 6.76. The maximum absolute atomic E-state index is 11.5. The molecular formula is C10H15N3O. The van der Waals surface area contributed by atoms with E-state index in [2.05, 4.69) is 22.4 Å². The number of hydrogen-bond donors (Lipinski definition) is 2. The van der Waals surface area contributed by atoms with Crippen LogP contribution in [0.4, 0.5) is 0 Å². The molecule has 0 aliphatic heterocycles. The molecule has 14 heavy (non-hydrogen) atoms. The number of H-pyrrole nitrogens is 1. The van der Waals surface area contributed by atoms with Crippen LogP contribution in [0.25, 0.3) is 0 Å². The van der Waals surface area contributed by atoms with Gasteiger partial charge in [0.15, 0.2) is 0 Å². The maximum atomic E-state index is 11.5. The Morgan fingerprint density at radius 3 is 3.00 bits per heavy atom. The highest BCUT2D eigenvalue weighted by Crippen LogP contribution is 2.47. The summed E-state index contributed by atoms with van der Waals surface area (Å²) in [5.41, 5.74) is 1.01. The van der Waals surface area contributed by atoms with Crippen molar-refractivity contribution in [1.82, 2.24) is 15.5 Å². The van der Waals surface area contributed by atoms with Crippen molar-refractivity contribution in [3.05, 3.63) is 18.0 Å². The number of nitrogens with zero attached hydrogens (tertiary/aromatic N) is 1. The van der Waals surface area contributed by atoms with Crippen LogP contribution in [0.3, 0.4) is 0 Å². The molecule has 1 amide bonds. The van der Waals surface area contributed by atoms with Gasteiger partial charge in [0, 0.05) is 12.7 Å². The summed E-state index contributed by atoms with van der Waals surface area (Å²) in [7, 11) is 0. The first-order valence-corrected chi connectivity index (χ1v) is 5.03. The lowest BCUT2D eigenvalue weighted by Crippen LogP contribution is -2.29. The summed E-state index contributed by atoms with van der Waals surface area (Å²) in [6.07, 6.45) is 6.80. The van der Waals surface area contributed by atoms with Crippen molar-refractivity contribution < 1.29 is 4.79 Å². The SMILES string of the molecule is CCC1(CNC(=O)c2cn[nH]c2)CC1. The maximum Gasteiger partial charge on any atom is 0.254 e. The van der Waals surface area contributed by atoms with Gasteiger partial charge in [-0.3, -0.25) is 9.89 Å². The van der Waals surface area contributed by atoms with Gasteiger partial charge < -0.3 is 5.32 Å². The van der Waals surface area contributed by atoms with E-state index in [0.717, 1.165) is 13.0 Å². The number of amides is 1. The van der Waals surface area contributed by atoms with Crippen LogP contribution in [0.15, 0.2) is 12.4 Å². The van der Waals surface area contributed by atoms with E-state index < -0.39 is 0 Å². The number of rotatable bonds is 4. The second-order valence-corrected chi connectivity index (χ2v) is 4.02. The summed E-state index contributed by atoms with van der Waals surface area (Å²) >= 11 is 0. The molecule has 1 aliphatic rings. The van der Waals surface area contributed by atoms with E-state index in [1.54, 1.807) is 12.4 Å². The summed E-state index contributed by atoms with van der Waals surface area (Å²) in [5, 5.41) is 9.30. The average Bonchev–Trinajstić information content (AvgIpc) is 2.78. The van der Waals surface area contributed by atoms with Crippen molar-refractivity contribution in [2.24, 2.45) is 5.41 Å². The van der Waals surface area contributed by atoms with E-state index in [1.807, 2.05) is 0 Å². The van der Waals surface area contributed by atoms with Gasteiger partial charge in [-0.25, -0.2) is 0 Å². The molecule has 0 spiro atoms. The highest BCUT2D eigenvalue weighted by atomic mass is 16.1. The van der Waals surface area contributed by atoms with E-state index >= 15 is 0 Å². The van der Waals surface area contributed by atoms with Gasteiger partial charge in [-0.05, 0) is 24.7 Å². The van der Waals surface area contributed by atoms with Crippen LogP contribution >= 0.6 is 0 Å². The zero-order valence-electron chi connectivity index (χ0n) is 8.34. The fraction of sp³-hybridized carbons (Fsp3) is 0.600. The number of nitrogens with one attached hydrogen (secondary N) is 2. The Kier molecular flexibility index (Phi) is 2.27. The first-order valence-electron chi connectivity index (χ1n) is 5.03. The van der Waals surface area contributed by atoms with Gasteiger partial charge >= 0.3 is 0 Å². The molecular weight excluding hydrogens is 178 g/mol. The molecule has 0 bridgehead atoms. The van der Waals surface area contributed by atoms with E-state index in [4.69, 9.17) is 0 Å². The molecule has 1 heterocycles. The Hall–Kier alpha value is -1.32. The zero-order chi connectivity index (χ0) is 10.0. The molecule has 0 radical (unpaired) electrons. The fourth-order valence-corrected chi connectivity index (χ4v) is 1.58. The average molecular weight is 193 g/mol. The van der Waals surface area contributed by atoms with Crippen molar-refractivity contribution in [3.63, 3.8) is 0 Å². The Morgan fingerprint density at radius 2 is 2.50 bits per heavy atom. The molecule has 1 aromatic heterocycles. The predicted octanol–water partition coefficient (Wildman–Crippen LogP) is 1.33. The number of hydrogen-bond acceptors (Lipinski definition) is 2. The van der Waals surface area contributed by atoms with Crippen LogP contribution in [0.2, 0.25) is 0 Å². The monoisotopic (exact) mass is 193 g/mol. The Labute approximate surface area is 83.1 Å². The molecule has 4 heteroatoms. The second kappa shape index (κ2) is 3.44. The van der Waals surface area contributed by atoms with Gasteiger partial charge in [0.2, 0.25) is 0 Å². The minimum Gasteiger partial charge on any atom is -0.351 e. The minimum absolute atomic E-state index is 0.0292. The van der Waals surface area contributed by atoms with Crippen molar-refractivity contribution >= 4 is 5.91 Å². The van der Waals surface area contributed by atoms with Gasteiger partial charge in [0.25, 0.3) is 5.91 Å². The summed E-state index contributed by atoms with van der Waals surface area (Å²) in [6, 6.07) is 0. The van der Waals surface area contributed by atoms with E-state index in [9.17, 15) is 4.79 Å². The number of aromatic amines is 1. The van der Waals surface area contributed by atoms with Crippen molar-refractivity contribution in [2.75, 3.05) is 6.54 Å². The molecule has 76 valence electrons. The topological polar surface area (TPSA) is 57.8 Å². The molecule has 2 rings (SSSR count). The molecule has 1 aromatic rings. The third kappa shape index (κ3) is 1.78. The predicted molar refractivity (Wildman–Crippen MR) is 52.9 cm³/mol. The summed E-state index contributed by atoms with van der Waals surface area (Å²) < 4.78 is 0. The lowest BCUT2D eigenvalue weighted by molar-refractivity contribution is 0.0944. The van der Waals surface area contributed by atoms with Crippen molar-refractivity contribution in [3.8, 4) is 0 Å². The number of carbonyl (C=O) groups is 1. The van der Waals surface area contributed by atoms with Crippen LogP contribution in [-0.4, -0.2) is 22.6 Å². The normalized spacial score (nSPS) is 17.8. The molecule has 0 saturated heterocycles. The lowest BCUT2D eigenvalue weighted by Gasteiger charge is -2.12. The van der Waals surface area contributed by atoms with Gasteiger partial charge in [-0.2, -0.15) is 5.10 Å². The zero-order valence-corrected chi connectivity index (χ0v) is 8.34. The van der Waals surface area contributed by atoms with Crippen LogP contribution in [-0.2, 0) is 0 Å². The molecule has 0 aromatic carbocycles. The lowest BCUT2D eigenvalue weighted by atomic mass is 10.0. The molecule has 4 nitrogen and oxygen atoms in total. The summed E-state index contributed by atoms with van der Waals surface area (Å²) in [5.74, 6) is -0.0292. The standard InChI is InChI=1S/C10H15N3O/c1-2-10(3-4-10)7-11-9(14)8-5-12-13-6-8/h5-6H,2-4,7H2,1H3,(H,11,14)(H,12,13). The number of aromatic nitrogens is 2. The quantitative estimate of drug-likeness (QED) is 0.757. The van der Waals surface area contributed by atoms with E-state index in [0.29, 0.717) is 11.0 Å². The van der Waals surface area contributed by atoms with Crippen LogP contribution in [0, 0.1) is 5.41 Å². The third-order valence-electron chi connectivity index (χ3n) is 3.09. The molecule has 0 atom stereocenters. The largest absolute Gasteiger partial charge is 0.351 e. The molecule has 1 saturated carbocycles. The number of carbonyl (C=O) groups excluding carboxylic acids is 1. The van der Waals surface area contributed by atoms with Gasteiger partial charge in [-0.15, -0.1) is 0 Å². The fourth-order valence-electron chi connectivity index (χ4n) is 1.58. The molecule has 2 N–H and O–H groups in total. The van der Waals surface area contributed by atoms with E-state index in [1.165, 1.54) is 12.8 Å². The Morgan fingerprint density at radius 1 is 1.71 bits per heavy atom. The third-order valence-corrected chi connectivity index (χ3v) is 3.09. The second-order valence-electron chi connectivity index (χ2n) is 4.02. The molecule has 0 unspecified atom stereocenters. The molecule has 1 fully saturated rings. The van der Waals surface area contributed by atoms with Crippen LogP contribution in [0.1, 0.15) is 36.5 Å². The Bertz CT molecular complexity index is 314. The van der Waals surface area contributed by atoms with Crippen molar-refractivity contribution in [1.29, 1.82) is 0 Å². The minimum atomic E-state index is -0.0292. The Balaban J connectivity index is 1.84.